The van der Waals surface area contributed by atoms with Gasteiger partial charge in [0.15, 0.2) is 6.61 Å². The fourth-order valence-corrected chi connectivity index (χ4v) is 5.56. The molecule has 0 radical (unpaired) electrons. The number of amides is 1. The molecule has 0 unspecified atom stereocenters. The number of para-hydroxylation sites is 1. The van der Waals surface area contributed by atoms with Crippen molar-refractivity contribution < 1.29 is 9.53 Å². The third-order valence-electron chi connectivity index (χ3n) is 6.87. The normalized spacial score (nSPS) is 14.1. The maximum Gasteiger partial charge on any atom is 0.282 e. The summed E-state index contributed by atoms with van der Waals surface area (Å²) in [5.41, 5.74) is 2.80. The Hall–Kier alpha value is -3.30. The van der Waals surface area contributed by atoms with E-state index in [0.29, 0.717) is 28.0 Å². The highest BCUT2D eigenvalue weighted by Gasteiger charge is 2.22. The van der Waals surface area contributed by atoms with Crippen molar-refractivity contribution in [3.8, 4) is 5.75 Å². The van der Waals surface area contributed by atoms with Gasteiger partial charge in [0.05, 0.1) is 17.1 Å². The second-order valence-corrected chi connectivity index (χ2v) is 11.5. The molecule has 1 aliphatic carbocycles. The van der Waals surface area contributed by atoms with E-state index in [1.165, 1.54) is 11.1 Å². The maximum atomic E-state index is 13.6. The molecule has 7 nitrogen and oxygen atoms in total. The number of halogens is 2. The van der Waals surface area contributed by atoms with Gasteiger partial charge in [0.25, 0.3) is 11.5 Å². The van der Waals surface area contributed by atoms with Gasteiger partial charge >= 0.3 is 0 Å². The molecule has 5 rings (SSSR count). The number of hydrogen-bond donors (Lipinski definition) is 1. The summed E-state index contributed by atoms with van der Waals surface area (Å²) in [6.45, 7) is 1.76. The molecular weight excluding hydrogens is 624 g/mol. The van der Waals surface area contributed by atoms with Gasteiger partial charge in [-0.05, 0) is 67.8 Å². The Morgan fingerprint density at radius 2 is 1.82 bits per heavy atom. The molecule has 3 aromatic carbocycles. The van der Waals surface area contributed by atoms with E-state index in [9.17, 15) is 9.59 Å². The van der Waals surface area contributed by atoms with Crippen LogP contribution in [0.15, 0.2) is 79.5 Å². The Balaban J connectivity index is 1.45. The van der Waals surface area contributed by atoms with Crippen LogP contribution in [0, 0.1) is 6.92 Å². The smallest absolute Gasteiger partial charge is 0.282 e. The van der Waals surface area contributed by atoms with E-state index in [1.807, 2.05) is 55.5 Å². The van der Waals surface area contributed by atoms with E-state index < -0.39 is 0 Å². The lowest BCUT2D eigenvalue weighted by Gasteiger charge is -2.22. The molecule has 1 aromatic heterocycles. The number of ether oxygens (including phenoxy) is 1. The lowest BCUT2D eigenvalue weighted by molar-refractivity contribution is -0.118. The van der Waals surface area contributed by atoms with Crippen LogP contribution in [-0.4, -0.2) is 28.4 Å². The predicted octanol–water partition coefficient (Wildman–Crippen LogP) is 7.18. The second kappa shape index (κ2) is 12.3. The molecule has 0 aliphatic heterocycles. The van der Waals surface area contributed by atoms with Gasteiger partial charge in [0, 0.05) is 26.1 Å². The van der Waals surface area contributed by atoms with Gasteiger partial charge in [-0.25, -0.2) is 4.98 Å². The van der Waals surface area contributed by atoms with Crippen LogP contribution in [0.5, 0.6) is 5.75 Å². The largest absolute Gasteiger partial charge is 0.483 e. The van der Waals surface area contributed by atoms with Crippen LogP contribution in [0.2, 0.25) is 0 Å². The van der Waals surface area contributed by atoms with Crippen molar-refractivity contribution >= 4 is 60.6 Å². The number of benzene rings is 3. The first-order valence-electron chi connectivity index (χ1n) is 12.9. The zero-order valence-corrected chi connectivity index (χ0v) is 24.7. The third-order valence-corrected chi connectivity index (χ3v) is 7.85. The number of carbonyl (C=O) groups is 1. The summed E-state index contributed by atoms with van der Waals surface area (Å²) >= 11 is 6.97. The molecule has 4 aromatic rings. The minimum Gasteiger partial charge on any atom is -0.483 e. The Kier molecular flexibility index (Phi) is 8.57. The van der Waals surface area contributed by atoms with Crippen LogP contribution in [0.25, 0.3) is 10.9 Å². The van der Waals surface area contributed by atoms with Gasteiger partial charge in [-0.1, -0.05) is 69.3 Å². The molecule has 200 valence electrons. The third kappa shape index (κ3) is 6.47. The maximum absolute atomic E-state index is 13.6. The van der Waals surface area contributed by atoms with E-state index in [4.69, 9.17) is 9.72 Å². The van der Waals surface area contributed by atoms with Crippen LogP contribution in [-0.2, 0) is 4.79 Å². The molecule has 1 amide bonds. The Morgan fingerprint density at radius 3 is 2.62 bits per heavy atom. The molecule has 1 aliphatic rings. The first-order chi connectivity index (χ1) is 18.9. The van der Waals surface area contributed by atoms with Crippen molar-refractivity contribution in [1.82, 2.24) is 9.66 Å². The Morgan fingerprint density at radius 1 is 1.08 bits per heavy atom. The highest BCUT2D eigenvalue weighted by Crippen LogP contribution is 2.32. The van der Waals surface area contributed by atoms with E-state index in [0.717, 1.165) is 45.9 Å². The van der Waals surface area contributed by atoms with Crippen molar-refractivity contribution in [3.05, 3.63) is 96.9 Å². The number of hydrogen-bond acceptors (Lipinski definition) is 5. The summed E-state index contributed by atoms with van der Waals surface area (Å²) in [5.74, 6) is 1.06. The first kappa shape index (κ1) is 27.3. The van der Waals surface area contributed by atoms with E-state index in [-0.39, 0.29) is 24.0 Å². The van der Waals surface area contributed by atoms with Crippen molar-refractivity contribution in [3.63, 3.8) is 0 Å². The minimum absolute atomic E-state index is 0.167. The van der Waals surface area contributed by atoms with Crippen LogP contribution < -0.4 is 15.6 Å². The lowest BCUT2D eigenvalue weighted by Crippen LogP contribution is -2.25. The van der Waals surface area contributed by atoms with Crippen LogP contribution in [0.4, 0.5) is 5.69 Å². The first-order valence-corrected chi connectivity index (χ1v) is 14.5. The number of rotatable bonds is 7. The van der Waals surface area contributed by atoms with Crippen LogP contribution in [0.1, 0.15) is 55.0 Å². The molecule has 9 heteroatoms. The summed E-state index contributed by atoms with van der Waals surface area (Å²) in [5, 5.41) is 8.02. The topological polar surface area (TPSA) is 85.6 Å². The summed E-state index contributed by atoms with van der Waals surface area (Å²) in [4.78, 5) is 31.1. The molecule has 1 fully saturated rings. The van der Waals surface area contributed by atoms with Gasteiger partial charge in [0.1, 0.15) is 11.6 Å². The van der Waals surface area contributed by atoms with Gasteiger partial charge in [-0.15, -0.1) is 0 Å². The number of aryl methyl sites for hydroxylation is 1. The lowest BCUT2D eigenvalue weighted by atomic mass is 9.88. The van der Waals surface area contributed by atoms with Crippen LogP contribution in [0.3, 0.4) is 0 Å². The molecule has 1 saturated carbocycles. The number of carbonyl (C=O) groups excluding carboxylic acids is 1. The predicted molar refractivity (Wildman–Crippen MR) is 162 cm³/mol. The SMILES string of the molecule is Cc1ccccc1NC(=O)COc1ccc(Br)cc1C=Nn1c(C2CCCCC2)nc2ccc(Br)cc2c1=O. The molecule has 0 bridgehead atoms. The molecule has 1 N–H and O–H groups in total. The zero-order valence-electron chi connectivity index (χ0n) is 21.5. The Bertz CT molecular complexity index is 1610. The van der Waals surface area contributed by atoms with Gasteiger partial charge in [-0.3, -0.25) is 9.59 Å². The number of anilines is 1. The number of nitrogens with one attached hydrogen (secondary N) is 1. The van der Waals surface area contributed by atoms with Crippen molar-refractivity contribution in [2.75, 3.05) is 11.9 Å². The standard InChI is InChI=1S/C30H28Br2N4O3/c1-19-7-5-6-10-25(19)34-28(37)18-39-27-14-12-22(31)15-21(27)17-33-36-29(20-8-3-2-4-9-20)35-26-13-11-23(32)16-24(26)30(36)38/h5-7,10-17,20H,2-4,8-9,18H2,1H3,(H,34,37). The number of nitrogens with zero attached hydrogens (tertiary/aromatic N) is 3. The van der Waals surface area contributed by atoms with E-state index >= 15 is 0 Å². The highest BCUT2D eigenvalue weighted by molar-refractivity contribution is 9.10. The van der Waals surface area contributed by atoms with Crippen molar-refractivity contribution in [2.45, 2.75) is 44.9 Å². The van der Waals surface area contributed by atoms with Crippen molar-refractivity contribution in [1.29, 1.82) is 0 Å². The van der Waals surface area contributed by atoms with Gasteiger partial charge in [-0.2, -0.15) is 9.78 Å². The fourth-order valence-electron chi connectivity index (χ4n) is 4.82. The molecule has 0 spiro atoms. The molecular formula is C30H28Br2N4O3. The summed E-state index contributed by atoms with van der Waals surface area (Å²) in [6, 6.07) is 18.6. The Labute approximate surface area is 243 Å². The number of fused-ring (bicyclic) bond motifs is 1. The van der Waals surface area contributed by atoms with Gasteiger partial charge < -0.3 is 10.1 Å². The second-order valence-electron chi connectivity index (χ2n) is 9.66. The molecule has 0 saturated heterocycles. The van der Waals surface area contributed by atoms with E-state index in [1.54, 1.807) is 18.3 Å². The van der Waals surface area contributed by atoms with Crippen LogP contribution >= 0.6 is 31.9 Å². The average molecular weight is 652 g/mol. The molecule has 1 heterocycles. The monoisotopic (exact) mass is 650 g/mol. The van der Waals surface area contributed by atoms with E-state index in [2.05, 4.69) is 42.3 Å². The summed E-state index contributed by atoms with van der Waals surface area (Å²) in [7, 11) is 0. The van der Waals surface area contributed by atoms with Crippen molar-refractivity contribution in [2.24, 2.45) is 5.10 Å². The quantitative estimate of drug-likeness (QED) is 0.215. The summed E-state index contributed by atoms with van der Waals surface area (Å²) < 4.78 is 8.94. The molecule has 0 atom stereocenters. The fraction of sp³-hybridized carbons (Fsp3) is 0.267. The average Bonchev–Trinajstić information content (AvgIpc) is 2.94. The minimum atomic E-state index is -0.268. The zero-order chi connectivity index (χ0) is 27.4. The number of aromatic nitrogens is 2. The summed E-state index contributed by atoms with van der Waals surface area (Å²) in [6.07, 6.45) is 6.96. The highest BCUT2D eigenvalue weighted by atomic mass is 79.9. The van der Waals surface area contributed by atoms with Gasteiger partial charge in [0.2, 0.25) is 0 Å². The molecule has 39 heavy (non-hydrogen) atoms.